The molecule has 0 saturated carbocycles. The molecule has 0 atom stereocenters. The van der Waals surface area contributed by atoms with Gasteiger partial charge < -0.3 is 4.65 Å². The highest BCUT2D eigenvalue weighted by molar-refractivity contribution is 7.25. The van der Waals surface area contributed by atoms with Crippen molar-refractivity contribution in [3.8, 4) is 0 Å². The number of hydrogen-bond acceptors (Lipinski definition) is 1. The van der Waals surface area contributed by atoms with Gasteiger partial charge in [0.05, 0.1) is 0 Å². The smallest absolute Gasteiger partial charge is 0.230 e. The van der Waals surface area contributed by atoms with E-state index in [-0.39, 0.29) is 25.2 Å². The molecular weight excluding hydrogens is 346 g/mol. The van der Waals surface area contributed by atoms with Crippen molar-refractivity contribution in [1.82, 2.24) is 4.65 Å². The van der Waals surface area contributed by atoms with E-state index >= 15 is 0 Å². The van der Waals surface area contributed by atoms with E-state index in [1.807, 2.05) is 0 Å². The van der Waals surface area contributed by atoms with Crippen LogP contribution in [0.15, 0.2) is 0 Å². The summed E-state index contributed by atoms with van der Waals surface area (Å²) in [5.41, 5.74) is 0. The molecule has 0 fully saturated rings. The van der Waals surface area contributed by atoms with Crippen molar-refractivity contribution in [2.75, 3.05) is 0 Å². The van der Waals surface area contributed by atoms with E-state index in [9.17, 15) is 0 Å². The predicted molar refractivity (Wildman–Crippen MR) is 119 cm³/mol. The van der Waals surface area contributed by atoms with Gasteiger partial charge in [0.2, 0.25) is 7.55 Å². The molecule has 0 spiro atoms. The van der Waals surface area contributed by atoms with Crippen LogP contribution in [0, 0.1) is 0 Å². The Morgan fingerprint density at radius 1 is 0.458 bits per heavy atom. The van der Waals surface area contributed by atoms with Gasteiger partial charge in [-0.05, 0) is 25.2 Å². The summed E-state index contributed by atoms with van der Waals surface area (Å²) in [7, 11) is -4.41. The fourth-order valence-electron chi connectivity index (χ4n) is 5.70. The first kappa shape index (κ1) is 24.7. The zero-order chi connectivity index (χ0) is 20.2. The van der Waals surface area contributed by atoms with Crippen LogP contribution in [0.25, 0.3) is 0 Å². The molecule has 1 N–H and O–H groups in total. The molecule has 146 valence electrons. The Bertz CT molecular complexity index is 387. The molecule has 0 bridgehead atoms. The third kappa shape index (κ3) is 3.99. The molecule has 0 saturated heterocycles. The first-order chi connectivity index (χ1) is 9.96. The monoisotopic (exact) mass is 391 g/mol. The molecule has 0 aromatic carbocycles. The Morgan fingerprint density at radius 3 is 0.792 bits per heavy atom. The van der Waals surface area contributed by atoms with Crippen molar-refractivity contribution >= 4 is 26.9 Å². The molecule has 0 rings (SSSR count). The van der Waals surface area contributed by atoms with Crippen LogP contribution in [0.3, 0.4) is 0 Å². The molecule has 0 radical (unpaired) electrons. The number of rotatable bonds is 2. The van der Waals surface area contributed by atoms with Crippen LogP contribution in [0.4, 0.5) is 0 Å². The second-order valence-electron chi connectivity index (χ2n) is 12.8. The first-order valence-corrected chi connectivity index (χ1v) is 14.5. The first-order valence-electron chi connectivity index (χ1n) is 9.44. The lowest BCUT2D eigenvalue weighted by molar-refractivity contribution is 0.510. The maximum Gasteiger partial charge on any atom is 0.230 e. The van der Waals surface area contributed by atoms with Gasteiger partial charge in [0.15, 0.2) is 0 Å². The summed E-state index contributed by atoms with van der Waals surface area (Å²) in [6.45, 7) is 35.9. The van der Waals surface area contributed by atoms with E-state index in [2.05, 4.69) is 109 Å². The van der Waals surface area contributed by atoms with Gasteiger partial charge in [0.1, 0.15) is 8.24 Å². The lowest BCUT2D eigenvalue weighted by Gasteiger charge is -2.64. The molecule has 0 aromatic rings. The summed E-state index contributed by atoms with van der Waals surface area (Å²) < 4.78 is 4.39. The van der Waals surface area contributed by atoms with Crippen LogP contribution in [0.2, 0.25) is 25.2 Å². The molecule has 0 amide bonds. The maximum atomic E-state index is 7.66. The summed E-state index contributed by atoms with van der Waals surface area (Å²) in [4.78, 5) is 0. The van der Waals surface area contributed by atoms with Crippen molar-refractivity contribution in [2.24, 2.45) is 0 Å². The molecule has 24 heavy (non-hydrogen) atoms. The third-order valence-electron chi connectivity index (χ3n) is 5.80. The minimum atomic E-state index is -2.33. The van der Waals surface area contributed by atoms with E-state index in [1.165, 1.54) is 0 Å². The predicted octanol–water partition coefficient (Wildman–Crippen LogP) is 8.20. The minimum absolute atomic E-state index is 0.0762. The van der Waals surface area contributed by atoms with Crippen LogP contribution in [0.1, 0.15) is 104 Å². The Kier molecular flexibility index (Phi) is 6.57. The average molecular weight is 392 g/mol. The van der Waals surface area contributed by atoms with E-state index in [1.54, 1.807) is 0 Å². The number of nitrogens with one attached hydrogen (secondary N) is 1. The molecule has 0 aliphatic carbocycles. The second-order valence-corrected chi connectivity index (χ2v) is 25.8. The lowest BCUT2D eigenvalue weighted by atomic mass is 10.2. The molecular formula is C20H46ClNSi2. The van der Waals surface area contributed by atoms with Crippen LogP contribution in [-0.2, 0) is 0 Å². The topological polar surface area (TPSA) is 12.0 Å². The highest BCUT2D eigenvalue weighted by Gasteiger charge is 2.66. The molecule has 0 heterocycles. The van der Waals surface area contributed by atoms with Crippen molar-refractivity contribution in [3.63, 3.8) is 0 Å². The zero-order valence-electron chi connectivity index (χ0n) is 19.4. The average Bonchev–Trinajstić information content (AvgIpc) is 2.15. The maximum absolute atomic E-state index is 7.66. The van der Waals surface area contributed by atoms with Gasteiger partial charge in [-0.3, -0.25) is 0 Å². The Labute approximate surface area is 160 Å². The molecule has 0 aliphatic rings. The summed E-state index contributed by atoms with van der Waals surface area (Å²) in [5, 5.41) is 0.757. The summed E-state index contributed by atoms with van der Waals surface area (Å²) >= 11 is 7.66. The largest absolute Gasteiger partial charge is 0.345 e. The van der Waals surface area contributed by atoms with E-state index in [4.69, 9.17) is 11.1 Å². The zero-order valence-corrected chi connectivity index (χ0v) is 22.1. The fourth-order valence-corrected chi connectivity index (χ4v) is 25.5. The Balaban J connectivity index is 6.84. The molecule has 0 unspecified atom stereocenters. The van der Waals surface area contributed by atoms with Crippen LogP contribution < -0.4 is 4.65 Å². The van der Waals surface area contributed by atoms with Gasteiger partial charge in [-0.2, -0.15) is 0 Å². The van der Waals surface area contributed by atoms with E-state index < -0.39 is 15.8 Å². The van der Waals surface area contributed by atoms with Gasteiger partial charge in [-0.15, -0.1) is 11.1 Å². The van der Waals surface area contributed by atoms with Crippen LogP contribution in [-0.4, -0.2) is 15.8 Å². The van der Waals surface area contributed by atoms with Gasteiger partial charge in [-0.25, -0.2) is 0 Å². The molecule has 0 aliphatic heterocycles. The Morgan fingerprint density at radius 2 is 0.667 bits per heavy atom. The standard InChI is InChI=1S/C20H46ClNSi2/c1-16(2,3)23(17(4,5)6,18(7,8)9)22-24(21,19(10,11)12)20(13,14)15/h22H,1-15H3. The van der Waals surface area contributed by atoms with Crippen LogP contribution >= 0.6 is 11.1 Å². The molecule has 1 nitrogen and oxygen atoms in total. The van der Waals surface area contributed by atoms with E-state index in [0.717, 1.165) is 0 Å². The van der Waals surface area contributed by atoms with Crippen LogP contribution in [0.5, 0.6) is 0 Å². The quantitative estimate of drug-likeness (QED) is 0.369. The molecule has 4 heteroatoms. The lowest BCUT2D eigenvalue weighted by Crippen LogP contribution is -2.78. The summed E-state index contributed by atoms with van der Waals surface area (Å²) in [6.07, 6.45) is 0. The summed E-state index contributed by atoms with van der Waals surface area (Å²) in [6, 6.07) is 0. The van der Waals surface area contributed by atoms with Gasteiger partial charge in [0.25, 0.3) is 0 Å². The minimum Gasteiger partial charge on any atom is -0.345 e. The van der Waals surface area contributed by atoms with Gasteiger partial charge >= 0.3 is 0 Å². The fraction of sp³-hybridized carbons (Fsp3) is 1.00. The Hall–Kier alpha value is 0.684. The van der Waals surface area contributed by atoms with Gasteiger partial charge in [0, 0.05) is 0 Å². The third-order valence-corrected chi connectivity index (χ3v) is 23.8. The normalized spacial score (nSPS) is 16.5. The van der Waals surface area contributed by atoms with Crippen molar-refractivity contribution < 1.29 is 0 Å². The van der Waals surface area contributed by atoms with Crippen molar-refractivity contribution in [3.05, 3.63) is 0 Å². The second kappa shape index (κ2) is 6.39. The van der Waals surface area contributed by atoms with Crippen molar-refractivity contribution in [2.45, 2.75) is 129 Å². The number of halogens is 1. The molecule has 0 aromatic heterocycles. The SMILES string of the molecule is CC(C)(C)[Si](Cl)(N[Si](C(C)(C)C)(C(C)(C)C)C(C)(C)C)C(C)(C)C. The van der Waals surface area contributed by atoms with Crippen molar-refractivity contribution in [1.29, 1.82) is 0 Å². The highest BCUT2D eigenvalue weighted by atomic mass is 35.6. The van der Waals surface area contributed by atoms with Gasteiger partial charge in [-0.1, -0.05) is 104 Å². The van der Waals surface area contributed by atoms with E-state index in [0.29, 0.717) is 0 Å². The summed E-state index contributed by atoms with van der Waals surface area (Å²) in [5.74, 6) is 0. The number of hydrogen-bond donors (Lipinski definition) is 1. The highest BCUT2D eigenvalue weighted by Crippen LogP contribution is 2.63.